The Balaban J connectivity index is 2.14. The molecule has 0 aliphatic carbocycles. The minimum atomic E-state index is -1.77. The number of cyclic esters (lactones) is 1. The zero-order valence-corrected chi connectivity index (χ0v) is 16.8. The third kappa shape index (κ3) is 4.36. The van der Waals surface area contributed by atoms with Gasteiger partial charge in [-0.1, -0.05) is 52.0 Å². The van der Waals surface area contributed by atoms with Crippen LogP contribution in [0.25, 0.3) is 0 Å². The molecular weight excluding hydrogens is 316 g/mol. The quantitative estimate of drug-likeness (QED) is 0.530. The molecule has 2 atom stereocenters. The van der Waals surface area contributed by atoms with E-state index in [0.29, 0.717) is 6.61 Å². The molecule has 0 aromatic heterocycles. The standard InChI is InChI=1S/C20H30O3Si/c1-7-16-11-12-18(21)23-19(16)17-10-8-9-15(13-17)14-22-24(5,6)20(2,3)4/h8-13,16,19H,7,14H2,1-6H3/t16-,19+/m0/s1. The van der Waals surface area contributed by atoms with Gasteiger partial charge < -0.3 is 9.16 Å². The first-order valence-electron chi connectivity index (χ1n) is 8.75. The monoisotopic (exact) mass is 346 g/mol. The van der Waals surface area contributed by atoms with Crippen LogP contribution in [-0.2, 0) is 20.6 Å². The molecule has 132 valence electrons. The molecule has 0 unspecified atom stereocenters. The lowest BCUT2D eigenvalue weighted by atomic mass is 9.91. The fourth-order valence-corrected chi connectivity index (χ4v) is 3.52. The van der Waals surface area contributed by atoms with Gasteiger partial charge in [0.2, 0.25) is 0 Å². The van der Waals surface area contributed by atoms with E-state index in [1.165, 1.54) is 6.08 Å². The molecule has 1 aromatic carbocycles. The van der Waals surface area contributed by atoms with Crippen LogP contribution in [0.4, 0.5) is 0 Å². The third-order valence-corrected chi connectivity index (χ3v) is 9.75. The topological polar surface area (TPSA) is 35.5 Å². The van der Waals surface area contributed by atoms with Gasteiger partial charge in [-0.25, -0.2) is 4.79 Å². The van der Waals surface area contributed by atoms with E-state index < -0.39 is 8.32 Å². The van der Waals surface area contributed by atoms with Crippen LogP contribution in [0.15, 0.2) is 36.4 Å². The summed E-state index contributed by atoms with van der Waals surface area (Å²) >= 11 is 0. The third-order valence-electron chi connectivity index (χ3n) is 5.27. The van der Waals surface area contributed by atoms with E-state index in [1.54, 1.807) is 0 Å². The molecule has 0 spiro atoms. The summed E-state index contributed by atoms with van der Waals surface area (Å²) in [5.41, 5.74) is 2.19. The zero-order valence-electron chi connectivity index (χ0n) is 15.8. The highest BCUT2D eigenvalue weighted by Gasteiger charge is 2.37. The summed E-state index contributed by atoms with van der Waals surface area (Å²) < 4.78 is 11.9. The van der Waals surface area contributed by atoms with Gasteiger partial charge in [-0.15, -0.1) is 0 Å². The number of carbonyl (C=O) groups is 1. The summed E-state index contributed by atoms with van der Waals surface area (Å²) in [7, 11) is -1.77. The van der Waals surface area contributed by atoms with E-state index in [0.717, 1.165) is 17.5 Å². The van der Waals surface area contributed by atoms with Crippen LogP contribution in [0.3, 0.4) is 0 Å². The van der Waals surface area contributed by atoms with Crippen molar-refractivity contribution in [3.05, 3.63) is 47.5 Å². The lowest BCUT2D eigenvalue weighted by Gasteiger charge is -2.36. The first kappa shape index (κ1) is 18.9. The number of esters is 1. The Morgan fingerprint density at radius 1 is 1.25 bits per heavy atom. The van der Waals surface area contributed by atoms with Crippen LogP contribution >= 0.6 is 0 Å². The minimum Gasteiger partial charge on any atom is -0.454 e. The Bertz CT molecular complexity index is 614. The molecule has 1 heterocycles. The molecule has 0 saturated heterocycles. The zero-order chi connectivity index (χ0) is 18.0. The summed E-state index contributed by atoms with van der Waals surface area (Å²) in [5, 5.41) is 0.196. The van der Waals surface area contributed by atoms with Gasteiger partial charge in [0.1, 0.15) is 6.10 Å². The van der Waals surface area contributed by atoms with E-state index in [2.05, 4.69) is 52.9 Å². The lowest BCUT2D eigenvalue weighted by molar-refractivity contribution is -0.147. The van der Waals surface area contributed by atoms with Gasteiger partial charge in [0, 0.05) is 12.0 Å². The van der Waals surface area contributed by atoms with E-state index >= 15 is 0 Å². The van der Waals surface area contributed by atoms with Crippen LogP contribution in [0.1, 0.15) is 51.3 Å². The maximum atomic E-state index is 11.6. The molecular formula is C20H30O3Si. The van der Waals surface area contributed by atoms with Crippen molar-refractivity contribution < 1.29 is 14.0 Å². The predicted molar refractivity (Wildman–Crippen MR) is 100 cm³/mol. The molecule has 0 N–H and O–H groups in total. The van der Waals surface area contributed by atoms with Crippen molar-refractivity contribution >= 4 is 14.3 Å². The van der Waals surface area contributed by atoms with Crippen molar-refractivity contribution in [2.24, 2.45) is 5.92 Å². The Morgan fingerprint density at radius 3 is 2.58 bits per heavy atom. The molecule has 1 aromatic rings. The van der Waals surface area contributed by atoms with Crippen LogP contribution in [0.2, 0.25) is 18.1 Å². The van der Waals surface area contributed by atoms with Crippen molar-refractivity contribution in [2.45, 2.75) is 65.0 Å². The molecule has 0 saturated carbocycles. The Morgan fingerprint density at radius 2 is 1.96 bits per heavy atom. The molecule has 4 heteroatoms. The van der Waals surface area contributed by atoms with Crippen LogP contribution in [0.5, 0.6) is 0 Å². The highest BCUT2D eigenvalue weighted by atomic mass is 28.4. The second-order valence-electron chi connectivity index (χ2n) is 8.08. The molecule has 1 aliphatic heterocycles. The Kier molecular flexibility index (Phi) is 5.71. The van der Waals surface area contributed by atoms with Gasteiger partial charge in [-0.05, 0) is 41.7 Å². The molecule has 0 radical (unpaired) electrons. The van der Waals surface area contributed by atoms with E-state index in [9.17, 15) is 4.79 Å². The summed E-state index contributed by atoms with van der Waals surface area (Å²) in [5.74, 6) is -0.0214. The number of benzene rings is 1. The second-order valence-corrected chi connectivity index (χ2v) is 12.9. The van der Waals surface area contributed by atoms with E-state index in [4.69, 9.17) is 9.16 Å². The maximum absolute atomic E-state index is 11.6. The fraction of sp³-hybridized carbons (Fsp3) is 0.550. The van der Waals surface area contributed by atoms with E-state index in [1.807, 2.05) is 18.2 Å². The molecule has 0 fully saturated rings. The smallest absolute Gasteiger partial charge is 0.331 e. The minimum absolute atomic E-state index is 0.194. The Hall–Kier alpha value is -1.39. The highest BCUT2D eigenvalue weighted by Crippen LogP contribution is 2.37. The number of hydrogen-bond acceptors (Lipinski definition) is 3. The molecule has 24 heavy (non-hydrogen) atoms. The SMILES string of the molecule is CC[C@H]1C=CC(=O)O[C@H]1c1cccc(CO[Si](C)(C)C(C)(C)C)c1. The number of carbonyl (C=O) groups excluding carboxylic acids is 1. The molecule has 2 rings (SSSR count). The van der Waals surface area contributed by atoms with Gasteiger partial charge in [0.15, 0.2) is 8.32 Å². The number of hydrogen-bond donors (Lipinski definition) is 0. The van der Waals surface area contributed by atoms with Crippen molar-refractivity contribution in [2.75, 3.05) is 0 Å². The summed E-state index contributed by atoms with van der Waals surface area (Å²) in [6, 6.07) is 8.26. The van der Waals surface area contributed by atoms with Gasteiger partial charge >= 0.3 is 5.97 Å². The number of ether oxygens (including phenoxy) is 1. The predicted octanol–water partition coefficient (Wildman–Crippen LogP) is 5.39. The van der Waals surface area contributed by atoms with Gasteiger partial charge in [-0.2, -0.15) is 0 Å². The molecule has 1 aliphatic rings. The first-order valence-corrected chi connectivity index (χ1v) is 11.7. The van der Waals surface area contributed by atoms with Gasteiger partial charge in [0.05, 0.1) is 6.61 Å². The molecule has 0 bridgehead atoms. The molecule has 3 nitrogen and oxygen atoms in total. The fourth-order valence-electron chi connectivity index (χ4n) is 2.56. The van der Waals surface area contributed by atoms with Crippen LogP contribution in [-0.4, -0.2) is 14.3 Å². The molecule has 0 amide bonds. The summed E-state index contributed by atoms with van der Waals surface area (Å²) in [4.78, 5) is 11.6. The average Bonchev–Trinajstić information content (AvgIpc) is 2.52. The van der Waals surface area contributed by atoms with Crippen molar-refractivity contribution in [1.29, 1.82) is 0 Å². The maximum Gasteiger partial charge on any atom is 0.331 e. The van der Waals surface area contributed by atoms with Crippen LogP contribution < -0.4 is 0 Å². The van der Waals surface area contributed by atoms with Crippen molar-refractivity contribution in [3.63, 3.8) is 0 Å². The first-order chi connectivity index (χ1) is 11.1. The van der Waals surface area contributed by atoms with Gasteiger partial charge in [0.25, 0.3) is 0 Å². The Labute approximate surface area is 147 Å². The van der Waals surface area contributed by atoms with Gasteiger partial charge in [-0.3, -0.25) is 0 Å². The lowest BCUT2D eigenvalue weighted by Crippen LogP contribution is -2.40. The summed E-state index contributed by atoms with van der Waals surface area (Å²) in [6.07, 6.45) is 4.25. The van der Waals surface area contributed by atoms with Crippen molar-refractivity contribution in [1.82, 2.24) is 0 Å². The van der Waals surface area contributed by atoms with Crippen molar-refractivity contribution in [3.8, 4) is 0 Å². The second kappa shape index (κ2) is 7.24. The summed E-state index contributed by atoms with van der Waals surface area (Å²) in [6.45, 7) is 14.0. The largest absolute Gasteiger partial charge is 0.454 e. The normalized spacial score (nSPS) is 21.7. The van der Waals surface area contributed by atoms with Crippen LogP contribution in [0, 0.1) is 5.92 Å². The average molecular weight is 347 g/mol. The van der Waals surface area contributed by atoms with E-state index in [-0.39, 0.29) is 23.0 Å². The highest BCUT2D eigenvalue weighted by molar-refractivity contribution is 6.74. The number of rotatable bonds is 5.